The number of benzene rings is 3. The molecule has 1 amide bonds. The lowest BCUT2D eigenvalue weighted by molar-refractivity contribution is -0.160. The fourth-order valence-corrected chi connectivity index (χ4v) is 5.59. The maximum Gasteiger partial charge on any atom is 0.338 e. The van der Waals surface area contributed by atoms with Crippen LogP contribution < -0.4 is 19.5 Å². The summed E-state index contributed by atoms with van der Waals surface area (Å²) in [6.07, 6.45) is 6.00. The number of carbonyl (C=O) groups is 3. The number of ether oxygens (including phenoxy) is 5. The van der Waals surface area contributed by atoms with Crippen LogP contribution in [0.3, 0.4) is 0 Å². The monoisotopic (exact) mass is 816 g/mol. The molecule has 3 heterocycles. The van der Waals surface area contributed by atoms with Gasteiger partial charge in [-0.05, 0) is 69.2 Å². The lowest BCUT2D eigenvalue weighted by Crippen LogP contribution is -2.30. The topological polar surface area (TPSA) is 203 Å². The summed E-state index contributed by atoms with van der Waals surface area (Å²) in [5.41, 5.74) is 1.07. The van der Waals surface area contributed by atoms with Gasteiger partial charge in [0.2, 0.25) is 6.79 Å². The Labute approximate surface area is 344 Å². The summed E-state index contributed by atoms with van der Waals surface area (Å²) in [5, 5.41) is 15.8. The van der Waals surface area contributed by atoms with Crippen LogP contribution in [-0.2, 0) is 20.7 Å². The molecule has 0 spiro atoms. The van der Waals surface area contributed by atoms with Crippen LogP contribution in [0.5, 0.6) is 17.5 Å². The highest BCUT2D eigenvalue weighted by Gasteiger charge is 2.30. The molecular formula is C43H41FN8O8. The van der Waals surface area contributed by atoms with Crippen molar-refractivity contribution in [1.29, 1.82) is 5.41 Å². The Bertz CT molecular complexity index is 2430. The van der Waals surface area contributed by atoms with Gasteiger partial charge in [-0.25, -0.2) is 19.2 Å². The Kier molecular flexibility index (Phi) is 13.5. The van der Waals surface area contributed by atoms with Crippen molar-refractivity contribution in [1.82, 2.24) is 35.0 Å². The maximum atomic E-state index is 16.8. The zero-order chi connectivity index (χ0) is 42.6. The average molecular weight is 817 g/mol. The van der Waals surface area contributed by atoms with E-state index in [0.717, 1.165) is 0 Å². The number of rotatable bonds is 16. The predicted octanol–water partition coefficient (Wildman–Crippen LogP) is 5.89. The van der Waals surface area contributed by atoms with E-state index in [-0.39, 0.29) is 60.3 Å². The van der Waals surface area contributed by atoms with Crippen molar-refractivity contribution in [2.45, 2.75) is 33.1 Å². The van der Waals surface area contributed by atoms with Crippen LogP contribution in [0.15, 0.2) is 110 Å². The van der Waals surface area contributed by atoms with Crippen molar-refractivity contribution in [3.05, 3.63) is 149 Å². The normalized spacial score (nSPS) is 11.6. The van der Waals surface area contributed by atoms with Crippen molar-refractivity contribution < 1.29 is 42.5 Å². The molecule has 0 saturated heterocycles. The van der Waals surface area contributed by atoms with Gasteiger partial charge in [0.05, 0.1) is 24.0 Å². The third-order valence-corrected chi connectivity index (χ3v) is 8.74. The van der Waals surface area contributed by atoms with Gasteiger partial charge in [0, 0.05) is 47.5 Å². The molecule has 308 valence electrons. The largest absolute Gasteiger partial charge is 0.497 e. The molecule has 0 aliphatic rings. The maximum absolute atomic E-state index is 16.8. The fourth-order valence-electron chi connectivity index (χ4n) is 5.59. The molecule has 0 saturated carbocycles. The number of pyridine rings is 1. The minimum absolute atomic E-state index is 0.0657. The van der Waals surface area contributed by atoms with E-state index in [1.807, 2.05) is 0 Å². The van der Waals surface area contributed by atoms with E-state index in [0.29, 0.717) is 22.3 Å². The second-order valence-electron chi connectivity index (χ2n) is 14.1. The molecule has 3 aromatic heterocycles. The van der Waals surface area contributed by atoms with Crippen LogP contribution in [0.4, 0.5) is 4.39 Å². The number of methoxy groups -OCH3 is 1. The lowest BCUT2D eigenvalue weighted by atomic mass is 9.90. The SMILES string of the molecule is COc1cc(OCCOC(=O)c2ccncc2)c(F)c(C(Cc2ccc(C(=N)NC(=O)c3ccccc3)cc2)c2nc(OCOC(=O)C(C)(C)C)n(-c3ncccn3)n2)c1. The molecule has 0 radical (unpaired) electrons. The van der Waals surface area contributed by atoms with Gasteiger partial charge in [0.1, 0.15) is 24.8 Å². The highest BCUT2D eigenvalue weighted by molar-refractivity contribution is 6.11. The van der Waals surface area contributed by atoms with Crippen LogP contribution in [0.25, 0.3) is 5.95 Å². The van der Waals surface area contributed by atoms with Crippen LogP contribution in [0.1, 0.15) is 69.9 Å². The predicted molar refractivity (Wildman–Crippen MR) is 214 cm³/mol. The smallest absolute Gasteiger partial charge is 0.338 e. The molecule has 1 atom stereocenters. The van der Waals surface area contributed by atoms with Gasteiger partial charge in [-0.3, -0.25) is 20.0 Å². The summed E-state index contributed by atoms with van der Waals surface area (Å²) in [4.78, 5) is 54.8. The van der Waals surface area contributed by atoms with Gasteiger partial charge in [-0.2, -0.15) is 4.98 Å². The Balaban J connectivity index is 1.33. The van der Waals surface area contributed by atoms with Crippen molar-refractivity contribution in [2.24, 2.45) is 5.41 Å². The van der Waals surface area contributed by atoms with Crippen molar-refractivity contribution in [2.75, 3.05) is 27.1 Å². The summed E-state index contributed by atoms with van der Waals surface area (Å²) in [6, 6.07) is 22.7. The summed E-state index contributed by atoms with van der Waals surface area (Å²) in [5.74, 6) is -3.19. The van der Waals surface area contributed by atoms with Crippen LogP contribution in [-0.4, -0.2) is 80.5 Å². The Hall–Kier alpha value is -7.56. The molecule has 0 bridgehead atoms. The zero-order valence-electron chi connectivity index (χ0n) is 33.1. The average Bonchev–Trinajstić information content (AvgIpc) is 3.69. The molecule has 17 heteroatoms. The summed E-state index contributed by atoms with van der Waals surface area (Å²) in [6.45, 7) is 4.20. The first kappa shape index (κ1) is 42.1. The first-order valence-corrected chi connectivity index (χ1v) is 18.6. The number of nitrogens with zero attached hydrogens (tertiary/aromatic N) is 6. The standard InChI is InChI=1S/C43H41FN8O8/c1-43(2,3)40(55)59-26-60-42-50-37(51-52(42)41-47-17-8-18-48-41)33(23-27-11-13-28(14-12-27)36(45)49-38(53)29-9-6-5-7-10-29)32-24-31(56-4)25-34(35(32)44)57-21-22-58-39(54)30-15-19-46-20-16-30/h5-20,24-25,33H,21-23,26H2,1-4H3,(H2,45,49,53). The van der Waals surface area contributed by atoms with Crippen molar-refractivity contribution in [3.63, 3.8) is 0 Å². The van der Waals surface area contributed by atoms with Gasteiger partial charge in [-0.1, -0.05) is 42.5 Å². The molecule has 60 heavy (non-hydrogen) atoms. The fraction of sp³-hybridized carbons (Fsp3) is 0.233. The molecule has 16 nitrogen and oxygen atoms in total. The van der Waals surface area contributed by atoms with Crippen LogP contribution in [0.2, 0.25) is 0 Å². The van der Waals surface area contributed by atoms with Crippen molar-refractivity contribution in [3.8, 4) is 23.5 Å². The number of esters is 2. The Morgan fingerprint density at radius 2 is 1.55 bits per heavy atom. The van der Waals surface area contributed by atoms with E-state index >= 15 is 4.39 Å². The molecule has 6 aromatic rings. The van der Waals surface area contributed by atoms with Crippen LogP contribution in [0, 0.1) is 16.6 Å². The van der Waals surface area contributed by atoms with E-state index in [9.17, 15) is 14.4 Å². The van der Waals surface area contributed by atoms with Gasteiger partial charge in [-0.15, -0.1) is 9.78 Å². The molecule has 2 N–H and O–H groups in total. The number of carbonyl (C=O) groups excluding carboxylic acids is 3. The number of amidine groups is 1. The summed E-state index contributed by atoms with van der Waals surface area (Å²) in [7, 11) is 1.42. The molecule has 0 aliphatic carbocycles. The number of hydrogen-bond acceptors (Lipinski definition) is 14. The third kappa shape index (κ3) is 10.7. The lowest BCUT2D eigenvalue weighted by Gasteiger charge is -2.19. The molecule has 1 unspecified atom stereocenters. The quantitative estimate of drug-likeness (QED) is 0.0385. The zero-order valence-corrected chi connectivity index (χ0v) is 33.1. The highest BCUT2D eigenvalue weighted by Crippen LogP contribution is 2.37. The summed E-state index contributed by atoms with van der Waals surface area (Å²) < 4.78 is 45.8. The minimum Gasteiger partial charge on any atom is -0.497 e. The highest BCUT2D eigenvalue weighted by atomic mass is 19.1. The van der Waals surface area contributed by atoms with Gasteiger partial charge in [0.25, 0.3) is 11.9 Å². The van der Waals surface area contributed by atoms with Gasteiger partial charge in [0.15, 0.2) is 17.4 Å². The van der Waals surface area contributed by atoms with Gasteiger partial charge >= 0.3 is 17.9 Å². The number of nitrogens with one attached hydrogen (secondary N) is 2. The van der Waals surface area contributed by atoms with Crippen molar-refractivity contribution >= 4 is 23.7 Å². The molecule has 3 aromatic carbocycles. The van der Waals surface area contributed by atoms with E-state index in [4.69, 9.17) is 29.1 Å². The number of aromatic nitrogens is 6. The van der Waals surface area contributed by atoms with Crippen LogP contribution >= 0.6 is 0 Å². The Morgan fingerprint density at radius 1 is 0.833 bits per heavy atom. The molecule has 0 fully saturated rings. The van der Waals surface area contributed by atoms with E-state index in [2.05, 4.69) is 30.4 Å². The first-order chi connectivity index (χ1) is 28.9. The Morgan fingerprint density at radius 3 is 2.23 bits per heavy atom. The second-order valence-corrected chi connectivity index (χ2v) is 14.1. The minimum atomic E-state index is -0.959. The summed E-state index contributed by atoms with van der Waals surface area (Å²) >= 11 is 0. The molecular weight excluding hydrogens is 776 g/mol. The third-order valence-electron chi connectivity index (χ3n) is 8.74. The molecule has 0 aliphatic heterocycles. The molecule has 6 rings (SSSR count). The van der Waals surface area contributed by atoms with E-state index in [1.54, 1.807) is 81.4 Å². The number of halogens is 1. The number of amides is 1. The van der Waals surface area contributed by atoms with E-state index in [1.165, 1.54) is 60.8 Å². The van der Waals surface area contributed by atoms with E-state index < -0.39 is 41.8 Å². The van der Waals surface area contributed by atoms with Gasteiger partial charge < -0.3 is 29.0 Å². The first-order valence-electron chi connectivity index (χ1n) is 18.6. The number of hydrogen-bond donors (Lipinski definition) is 2. The second kappa shape index (κ2) is 19.3.